The number of piperazine rings is 1. The van der Waals surface area contributed by atoms with Crippen molar-refractivity contribution in [3.8, 4) is 0 Å². The summed E-state index contributed by atoms with van der Waals surface area (Å²) in [6, 6.07) is 3.47. The van der Waals surface area contributed by atoms with E-state index in [1.165, 1.54) is 0 Å². The normalized spacial score (nSPS) is 16.6. The standard InChI is InChI=1S/C14H19N5O2/c1-3-10-8-12-15-11(14(20)21)9-13(19(12)16-10)18-6-4-17(2)5-7-18/h8-9H,3-7H2,1-2H3,(H,20,21). The lowest BCUT2D eigenvalue weighted by Crippen LogP contribution is -2.45. The molecule has 7 nitrogen and oxygen atoms in total. The van der Waals surface area contributed by atoms with Crippen LogP contribution < -0.4 is 4.90 Å². The number of fused-ring (bicyclic) bond motifs is 1. The first-order chi connectivity index (χ1) is 10.1. The van der Waals surface area contributed by atoms with E-state index in [1.54, 1.807) is 10.6 Å². The molecule has 0 atom stereocenters. The Kier molecular flexibility index (Phi) is 3.50. The molecule has 3 heterocycles. The molecule has 112 valence electrons. The molecule has 0 amide bonds. The molecular formula is C14H19N5O2. The Morgan fingerprint density at radius 1 is 1.29 bits per heavy atom. The number of carboxylic acids is 1. The van der Waals surface area contributed by atoms with Crippen LogP contribution in [0.25, 0.3) is 5.65 Å². The van der Waals surface area contributed by atoms with Crippen LogP contribution in [0.5, 0.6) is 0 Å². The van der Waals surface area contributed by atoms with Crippen LogP contribution in [0.15, 0.2) is 12.1 Å². The molecule has 1 saturated heterocycles. The third-order valence-electron chi connectivity index (χ3n) is 3.87. The predicted molar refractivity (Wildman–Crippen MR) is 79.0 cm³/mol. The van der Waals surface area contributed by atoms with Gasteiger partial charge in [-0.3, -0.25) is 0 Å². The number of aryl methyl sites for hydroxylation is 1. The summed E-state index contributed by atoms with van der Waals surface area (Å²) in [4.78, 5) is 19.9. The third kappa shape index (κ3) is 2.56. The van der Waals surface area contributed by atoms with Gasteiger partial charge < -0.3 is 14.9 Å². The van der Waals surface area contributed by atoms with Gasteiger partial charge in [0.2, 0.25) is 0 Å². The van der Waals surface area contributed by atoms with Crippen molar-refractivity contribution in [2.75, 3.05) is 38.1 Å². The molecule has 21 heavy (non-hydrogen) atoms. The highest BCUT2D eigenvalue weighted by Crippen LogP contribution is 2.20. The fourth-order valence-electron chi connectivity index (χ4n) is 2.55. The highest BCUT2D eigenvalue weighted by atomic mass is 16.4. The van der Waals surface area contributed by atoms with E-state index < -0.39 is 5.97 Å². The van der Waals surface area contributed by atoms with E-state index in [0.717, 1.165) is 44.1 Å². The molecule has 0 aliphatic carbocycles. The van der Waals surface area contributed by atoms with Crippen molar-refractivity contribution in [2.45, 2.75) is 13.3 Å². The Balaban J connectivity index is 2.09. The van der Waals surface area contributed by atoms with E-state index in [0.29, 0.717) is 5.65 Å². The molecule has 1 aliphatic heterocycles. The number of anilines is 1. The fourth-order valence-corrected chi connectivity index (χ4v) is 2.55. The maximum Gasteiger partial charge on any atom is 0.354 e. The topological polar surface area (TPSA) is 74.0 Å². The van der Waals surface area contributed by atoms with Crippen LogP contribution in [0.4, 0.5) is 5.82 Å². The highest BCUT2D eigenvalue weighted by Gasteiger charge is 2.20. The summed E-state index contributed by atoms with van der Waals surface area (Å²) >= 11 is 0. The number of aromatic nitrogens is 3. The molecule has 0 aromatic carbocycles. The summed E-state index contributed by atoms with van der Waals surface area (Å²) in [5.74, 6) is -0.197. The SMILES string of the molecule is CCc1cc2nc(C(=O)O)cc(N3CCN(C)CC3)n2n1. The van der Waals surface area contributed by atoms with Crippen LogP contribution >= 0.6 is 0 Å². The Morgan fingerprint density at radius 3 is 2.62 bits per heavy atom. The Labute approximate surface area is 122 Å². The Bertz CT molecular complexity index is 673. The van der Waals surface area contributed by atoms with Gasteiger partial charge in [-0.2, -0.15) is 9.61 Å². The van der Waals surface area contributed by atoms with Crippen LogP contribution in [-0.4, -0.2) is 63.8 Å². The maximum absolute atomic E-state index is 11.3. The van der Waals surface area contributed by atoms with Crippen molar-refractivity contribution in [3.05, 3.63) is 23.5 Å². The molecule has 1 aliphatic rings. The van der Waals surface area contributed by atoms with E-state index in [2.05, 4.69) is 26.9 Å². The summed E-state index contributed by atoms with van der Waals surface area (Å²) in [6.45, 7) is 5.64. The number of carboxylic acid groups (broad SMARTS) is 1. The zero-order valence-corrected chi connectivity index (χ0v) is 12.3. The first kappa shape index (κ1) is 13.8. The van der Waals surface area contributed by atoms with Gasteiger partial charge in [-0.05, 0) is 13.5 Å². The lowest BCUT2D eigenvalue weighted by atomic mass is 10.3. The van der Waals surface area contributed by atoms with Gasteiger partial charge in [0.15, 0.2) is 11.3 Å². The molecule has 0 radical (unpaired) electrons. The van der Waals surface area contributed by atoms with Gasteiger partial charge in [-0.25, -0.2) is 9.78 Å². The van der Waals surface area contributed by atoms with E-state index >= 15 is 0 Å². The average Bonchev–Trinajstić information content (AvgIpc) is 2.90. The number of nitrogens with zero attached hydrogens (tertiary/aromatic N) is 5. The van der Waals surface area contributed by atoms with Crippen molar-refractivity contribution in [2.24, 2.45) is 0 Å². The molecule has 3 rings (SSSR count). The molecule has 7 heteroatoms. The maximum atomic E-state index is 11.3. The highest BCUT2D eigenvalue weighted by molar-refractivity contribution is 5.87. The second kappa shape index (κ2) is 5.33. The van der Waals surface area contributed by atoms with Crippen LogP contribution in [0, 0.1) is 0 Å². The summed E-state index contributed by atoms with van der Waals surface area (Å²) in [5.41, 5.74) is 1.58. The van der Waals surface area contributed by atoms with E-state index in [-0.39, 0.29) is 5.69 Å². The van der Waals surface area contributed by atoms with Crippen LogP contribution in [0.1, 0.15) is 23.1 Å². The number of rotatable bonds is 3. The minimum atomic E-state index is -1.01. The molecule has 0 unspecified atom stereocenters. The third-order valence-corrected chi connectivity index (χ3v) is 3.87. The molecule has 0 spiro atoms. The second-order valence-corrected chi connectivity index (χ2v) is 5.35. The Morgan fingerprint density at radius 2 is 2.00 bits per heavy atom. The van der Waals surface area contributed by atoms with Crippen molar-refractivity contribution in [1.82, 2.24) is 19.5 Å². The summed E-state index contributed by atoms with van der Waals surface area (Å²) < 4.78 is 1.76. The second-order valence-electron chi connectivity index (χ2n) is 5.35. The van der Waals surface area contributed by atoms with E-state index in [9.17, 15) is 9.90 Å². The van der Waals surface area contributed by atoms with E-state index in [4.69, 9.17) is 0 Å². The zero-order valence-electron chi connectivity index (χ0n) is 12.3. The van der Waals surface area contributed by atoms with Crippen LogP contribution in [0.2, 0.25) is 0 Å². The van der Waals surface area contributed by atoms with Crippen LogP contribution in [0.3, 0.4) is 0 Å². The van der Waals surface area contributed by atoms with Crippen molar-refractivity contribution in [3.63, 3.8) is 0 Å². The minimum Gasteiger partial charge on any atom is -0.477 e. The number of hydrogen-bond donors (Lipinski definition) is 1. The van der Waals surface area contributed by atoms with Crippen molar-refractivity contribution < 1.29 is 9.90 Å². The number of carbonyl (C=O) groups is 1. The monoisotopic (exact) mass is 289 g/mol. The fraction of sp³-hybridized carbons (Fsp3) is 0.500. The molecule has 1 N–H and O–H groups in total. The Hall–Kier alpha value is -2.15. The van der Waals surface area contributed by atoms with Crippen LogP contribution in [-0.2, 0) is 6.42 Å². The lowest BCUT2D eigenvalue weighted by molar-refractivity contribution is 0.0690. The molecule has 0 saturated carbocycles. The van der Waals surface area contributed by atoms with E-state index in [1.807, 2.05) is 13.0 Å². The van der Waals surface area contributed by atoms with Crippen molar-refractivity contribution in [1.29, 1.82) is 0 Å². The van der Waals surface area contributed by atoms with Crippen molar-refractivity contribution >= 4 is 17.4 Å². The first-order valence-corrected chi connectivity index (χ1v) is 7.15. The zero-order chi connectivity index (χ0) is 15.0. The number of likely N-dealkylation sites (N-methyl/N-ethyl adjacent to an activating group) is 1. The van der Waals surface area contributed by atoms with Gasteiger partial charge in [0.05, 0.1) is 5.69 Å². The summed E-state index contributed by atoms with van der Waals surface area (Å²) in [5, 5.41) is 13.8. The van der Waals surface area contributed by atoms with Gasteiger partial charge in [0.1, 0.15) is 5.82 Å². The molecule has 2 aromatic heterocycles. The summed E-state index contributed by atoms with van der Waals surface area (Å²) in [7, 11) is 2.09. The molecule has 2 aromatic rings. The lowest BCUT2D eigenvalue weighted by Gasteiger charge is -2.33. The smallest absolute Gasteiger partial charge is 0.354 e. The average molecular weight is 289 g/mol. The summed E-state index contributed by atoms with van der Waals surface area (Å²) in [6.07, 6.45) is 0.800. The number of aromatic carboxylic acids is 1. The minimum absolute atomic E-state index is 0.0685. The van der Waals surface area contributed by atoms with Gasteiger partial charge in [0, 0.05) is 38.3 Å². The molecule has 1 fully saturated rings. The largest absolute Gasteiger partial charge is 0.477 e. The molecule has 0 bridgehead atoms. The van der Waals surface area contributed by atoms with Gasteiger partial charge in [-0.15, -0.1) is 0 Å². The predicted octanol–water partition coefficient (Wildman–Crippen LogP) is 0.742. The number of hydrogen-bond acceptors (Lipinski definition) is 5. The van der Waals surface area contributed by atoms with Gasteiger partial charge in [-0.1, -0.05) is 6.92 Å². The van der Waals surface area contributed by atoms with Gasteiger partial charge >= 0.3 is 5.97 Å². The van der Waals surface area contributed by atoms with Gasteiger partial charge in [0.25, 0.3) is 0 Å². The molecular weight excluding hydrogens is 270 g/mol. The first-order valence-electron chi connectivity index (χ1n) is 7.15. The quantitative estimate of drug-likeness (QED) is 0.898.